The van der Waals surface area contributed by atoms with Crippen molar-refractivity contribution in [2.75, 3.05) is 0 Å². The van der Waals surface area contributed by atoms with Gasteiger partial charge in [-0.25, -0.2) is 23.5 Å². The molecule has 0 saturated heterocycles. The molecule has 5 nitrogen and oxygen atoms in total. The van der Waals surface area contributed by atoms with E-state index >= 15 is 0 Å². The average molecular weight is 435 g/mol. The molecule has 29 heavy (non-hydrogen) atoms. The number of aromatic nitrogens is 2. The number of nitrogens with zero attached hydrogens (tertiary/aromatic N) is 2. The Morgan fingerprint density at radius 1 is 1.10 bits per heavy atom. The molecule has 0 atom stereocenters. The number of carbonyl (C=O) groups excluding carboxylic acids is 2. The minimum Gasteiger partial charge on any atom is -0.421 e. The molecule has 3 rings (SSSR count). The van der Waals surface area contributed by atoms with Gasteiger partial charge in [0.2, 0.25) is 0 Å². The van der Waals surface area contributed by atoms with Crippen LogP contribution >= 0.6 is 23.4 Å². The van der Waals surface area contributed by atoms with E-state index in [2.05, 4.69) is 9.97 Å². The van der Waals surface area contributed by atoms with Gasteiger partial charge in [0.25, 0.3) is 0 Å². The van der Waals surface area contributed by atoms with Crippen molar-refractivity contribution >= 4 is 35.1 Å². The van der Waals surface area contributed by atoms with E-state index in [1.807, 2.05) is 0 Å². The van der Waals surface area contributed by atoms with Crippen LogP contribution in [0.2, 0.25) is 5.02 Å². The number of ether oxygens (including phenoxy) is 1. The van der Waals surface area contributed by atoms with Crippen molar-refractivity contribution in [2.45, 2.75) is 17.8 Å². The molecule has 1 aromatic heterocycles. The second kappa shape index (κ2) is 9.11. The van der Waals surface area contributed by atoms with Crippen molar-refractivity contribution in [2.24, 2.45) is 0 Å². The molecule has 2 aromatic carbocycles. The smallest absolute Gasteiger partial charge is 0.364 e. The first-order valence-corrected chi connectivity index (χ1v) is 9.62. The lowest BCUT2D eigenvalue weighted by molar-refractivity contribution is 0.0725. The zero-order valence-corrected chi connectivity index (χ0v) is 16.6. The van der Waals surface area contributed by atoms with Gasteiger partial charge in [-0.05, 0) is 42.8 Å². The molecular formula is C20H13ClF2N2O3S. The van der Waals surface area contributed by atoms with E-state index in [1.165, 1.54) is 43.1 Å². The largest absolute Gasteiger partial charge is 0.421 e. The van der Waals surface area contributed by atoms with Gasteiger partial charge in [-0.3, -0.25) is 4.79 Å². The first kappa shape index (κ1) is 20.9. The number of hydrogen-bond acceptors (Lipinski definition) is 6. The number of hydrogen-bond donors (Lipinski definition) is 0. The molecule has 3 aromatic rings. The van der Waals surface area contributed by atoms with Crippen LogP contribution in [-0.4, -0.2) is 21.7 Å². The number of thioether (sulfide) groups is 1. The highest BCUT2D eigenvalue weighted by atomic mass is 35.5. The maximum Gasteiger partial charge on any atom is 0.364 e. The SMILES string of the molecule is CC(=O)c1cc(F)ccc1OC(=O)c1nc(SCc2ccc(F)cc2)ncc1Cl. The Balaban J connectivity index is 1.78. The van der Waals surface area contributed by atoms with E-state index in [4.69, 9.17) is 16.3 Å². The Morgan fingerprint density at radius 3 is 2.48 bits per heavy atom. The van der Waals surface area contributed by atoms with Crippen LogP contribution in [0.3, 0.4) is 0 Å². The van der Waals surface area contributed by atoms with Crippen LogP contribution in [-0.2, 0) is 5.75 Å². The zero-order valence-electron chi connectivity index (χ0n) is 15.0. The highest BCUT2D eigenvalue weighted by Gasteiger charge is 2.20. The number of benzene rings is 2. The molecule has 9 heteroatoms. The maximum absolute atomic E-state index is 13.4. The van der Waals surface area contributed by atoms with Crippen molar-refractivity contribution in [3.63, 3.8) is 0 Å². The number of Topliss-reactive ketones (excluding diaryl/α,β-unsaturated/α-hetero) is 1. The van der Waals surface area contributed by atoms with E-state index in [0.29, 0.717) is 5.75 Å². The molecule has 0 aliphatic rings. The minimum absolute atomic E-state index is 0.0346. The Hall–Kier alpha value is -2.84. The summed E-state index contributed by atoms with van der Waals surface area (Å²) >= 11 is 7.24. The van der Waals surface area contributed by atoms with E-state index in [-0.39, 0.29) is 33.0 Å². The number of ketones is 1. The van der Waals surface area contributed by atoms with Crippen LogP contribution in [0, 0.1) is 11.6 Å². The summed E-state index contributed by atoms with van der Waals surface area (Å²) in [6.07, 6.45) is 1.26. The summed E-state index contributed by atoms with van der Waals surface area (Å²) < 4.78 is 31.6. The highest BCUT2D eigenvalue weighted by molar-refractivity contribution is 7.98. The number of halogens is 3. The zero-order chi connectivity index (χ0) is 21.0. The van der Waals surface area contributed by atoms with E-state index in [9.17, 15) is 18.4 Å². The predicted molar refractivity (Wildman–Crippen MR) is 104 cm³/mol. The van der Waals surface area contributed by atoms with Crippen LogP contribution in [0.25, 0.3) is 0 Å². The van der Waals surface area contributed by atoms with Gasteiger partial charge in [0.05, 0.1) is 16.8 Å². The number of carbonyl (C=O) groups is 2. The molecular weight excluding hydrogens is 422 g/mol. The predicted octanol–water partition coefficient (Wildman–Crippen LogP) is 5.12. The van der Waals surface area contributed by atoms with Gasteiger partial charge < -0.3 is 4.74 Å². The third-order valence-electron chi connectivity index (χ3n) is 3.72. The standard InChI is InChI=1S/C20H13ClF2N2O3S/c1-11(26)15-8-14(23)6-7-17(15)28-19(27)18-16(21)9-24-20(25-18)29-10-12-2-4-13(22)5-3-12/h2-9H,10H2,1H3. The summed E-state index contributed by atoms with van der Waals surface area (Å²) in [4.78, 5) is 32.3. The van der Waals surface area contributed by atoms with Crippen molar-refractivity contribution in [3.05, 3.63) is 82.1 Å². The van der Waals surface area contributed by atoms with Crippen molar-refractivity contribution < 1.29 is 23.1 Å². The maximum atomic E-state index is 13.4. The van der Waals surface area contributed by atoms with Gasteiger partial charge >= 0.3 is 5.97 Å². The molecule has 0 unspecified atom stereocenters. The summed E-state index contributed by atoms with van der Waals surface area (Å²) in [7, 11) is 0. The summed E-state index contributed by atoms with van der Waals surface area (Å²) in [5, 5.41) is 0.226. The third-order valence-corrected chi connectivity index (χ3v) is 4.93. The lowest BCUT2D eigenvalue weighted by Crippen LogP contribution is -2.14. The lowest BCUT2D eigenvalue weighted by Gasteiger charge is -2.09. The Labute approximate surface area is 174 Å². The first-order valence-electron chi connectivity index (χ1n) is 8.26. The van der Waals surface area contributed by atoms with Crippen LogP contribution < -0.4 is 4.74 Å². The van der Waals surface area contributed by atoms with Crippen LogP contribution in [0.5, 0.6) is 5.75 Å². The second-order valence-corrected chi connectivity index (χ2v) is 7.20. The van der Waals surface area contributed by atoms with Crippen molar-refractivity contribution in [1.29, 1.82) is 0 Å². The number of esters is 1. The van der Waals surface area contributed by atoms with Gasteiger partial charge in [-0.15, -0.1) is 0 Å². The van der Waals surface area contributed by atoms with E-state index < -0.39 is 17.6 Å². The third kappa shape index (κ3) is 5.36. The monoisotopic (exact) mass is 434 g/mol. The lowest BCUT2D eigenvalue weighted by atomic mass is 10.1. The normalized spacial score (nSPS) is 10.6. The molecule has 0 bridgehead atoms. The molecule has 0 amide bonds. The molecule has 0 radical (unpaired) electrons. The number of rotatable bonds is 6. The average Bonchev–Trinajstić information content (AvgIpc) is 2.69. The van der Waals surface area contributed by atoms with Crippen LogP contribution in [0.4, 0.5) is 8.78 Å². The van der Waals surface area contributed by atoms with E-state index in [0.717, 1.165) is 17.7 Å². The topological polar surface area (TPSA) is 69.2 Å². The Kier molecular flexibility index (Phi) is 6.56. The molecule has 0 spiro atoms. The fourth-order valence-corrected chi connectivity index (χ4v) is 3.25. The Morgan fingerprint density at radius 2 is 1.79 bits per heavy atom. The second-order valence-electron chi connectivity index (χ2n) is 5.85. The van der Waals surface area contributed by atoms with Gasteiger partial charge in [0.1, 0.15) is 17.4 Å². The molecule has 1 heterocycles. The minimum atomic E-state index is -0.907. The summed E-state index contributed by atoms with van der Waals surface area (Å²) in [5.74, 6) is -1.99. The summed E-state index contributed by atoms with van der Waals surface area (Å²) in [6, 6.07) is 9.18. The summed E-state index contributed by atoms with van der Waals surface area (Å²) in [6.45, 7) is 1.23. The van der Waals surface area contributed by atoms with E-state index in [1.54, 1.807) is 12.1 Å². The van der Waals surface area contributed by atoms with Crippen LogP contribution in [0.15, 0.2) is 53.8 Å². The highest BCUT2D eigenvalue weighted by Crippen LogP contribution is 2.25. The molecule has 148 valence electrons. The van der Waals surface area contributed by atoms with Gasteiger partial charge in [-0.2, -0.15) is 0 Å². The molecule has 0 aliphatic heterocycles. The van der Waals surface area contributed by atoms with Gasteiger partial charge in [0, 0.05) is 5.75 Å². The van der Waals surface area contributed by atoms with Gasteiger partial charge in [-0.1, -0.05) is 35.5 Å². The summed E-state index contributed by atoms with van der Waals surface area (Å²) in [5.41, 5.74) is 0.577. The molecule has 0 saturated carbocycles. The molecule has 0 N–H and O–H groups in total. The first-order chi connectivity index (χ1) is 13.8. The fourth-order valence-electron chi connectivity index (χ4n) is 2.31. The quantitative estimate of drug-likeness (QED) is 0.176. The fraction of sp³-hybridized carbons (Fsp3) is 0.100. The van der Waals surface area contributed by atoms with Crippen LogP contribution in [0.1, 0.15) is 33.3 Å². The van der Waals surface area contributed by atoms with Crippen molar-refractivity contribution in [1.82, 2.24) is 9.97 Å². The Bertz CT molecular complexity index is 1080. The molecule has 0 aliphatic carbocycles. The molecule has 0 fully saturated rings. The van der Waals surface area contributed by atoms with Crippen molar-refractivity contribution in [3.8, 4) is 5.75 Å². The van der Waals surface area contributed by atoms with Gasteiger partial charge in [0.15, 0.2) is 16.6 Å².